The van der Waals surface area contributed by atoms with Gasteiger partial charge in [0.1, 0.15) is 5.56 Å². The third-order valence-electron chi connectivity index (χ3n) is 5.20. The van der Waals surface area contributed by atoms with Gasteiger partial charge in [0.25, 0.3) is 0 Å². The van der Waals surface area contributed by atoms with E-state index in [1.165, 1.54) is 0 Å². The van der Waals surface area contributed by atoms with Gasteiger partial charge in [0.15, 0.2) is 11.5 Å². The van der Waals surface area contributed by atoms with E-state index in [1.54, 1.807) is 30.1 Å². The van der Waals surface area contributed by atoms with Crippen LogP contribution in [0.5, 0.6) is 0 Å². The molecule has 1 aromatic carbocycles. The number of carbonyl (C=O) groups excluding carboxylic acids is 2. The molecular weight excluding hydrogens is 372 g/mol. The van der Waals surface area contributed by atoms with Crippen LogP contribution in [-0.2, 0) is 11.2 Å². The quantitative estimate of drug-likeness (QED) is 0.447. The first-order valence-corrected chi connectivity index (χ1v) is 9.77. The summed E-state index contributed by atoms with van der Waals surface area (Å²) in [6.07, 6.45) is 5.85. The summed E-state index contributed by atoms with van der Waals surface area (Å²) in [7, 11) is 0. The van der Waals surface area contributed by atoms with Gasteiger partial charge in [0, 0.05) is 11.5 Å². The average Bonchev–Trinajstić information content (AvgIpc) is 3.24. The highest BCUT2D eigenvalue weighted by Crippen LogP contribution is 2.43. The molecule has 29 heavy (non-hydrogen) atoms. The smallest absolute Gasteiger partial charge is 0.361 e. The Morgan fingerprint density at radius 2 is 2.07 bits per heavy atom. The molecule has 2 aromatic heterocycles. The van der Waals surface area contributed by atoms with E-state index in [-0.39, 0.29) is 29.6 Å². The van der Waals surface area contributed by atoms with Crippen molar-refractivity contribution < 1.29 is 18.8 Å². The molecule has 1 aliphatic rings. The van der Waals surface area contributed by atoms with Gasteiger partial charge in [-0.25, -0.2) is 9.48 Å². The molecule has 0 bridgehead atoms. The molecular formula is C21H22N4O4. The highest BCUT2D eigenvalue weighted by atomic mass is 16.5. The van der Waals surface area contributed by atoms with Crippen LogP contribution in [-0.4, -0.2) is 38.5 Å². The fourth-order valence-electron chi connectivity index (χ4n) is 3.62. The summed E-state index contributed by atoms with van der Waals surface area (Å²) in [5, 5.41) is 11.8. The van der Waals surface area contributed by atoms with E-state index in [2.05, 4.69) is 15.5 Å². The molecule has 0 spiro atoms. The molecule has 0 N–H and O–H groups in total. The van der Waals surface area contributed by atoms with E-state index >= 15 is 0 Å². The Labute approximate surface area is 167 Å². The minimum atomic E-state index is -0.638. The molecule has 3 aromatic rings. The van der Waals surface area contributed by atoms with Crippen molar-refractivity contribution in [3.63, 3.8) is 0 Å². The van der Waals surface area contributed by atoms with Crippen LogP contribution in [0.3, 0.4) is 0 Å². The number of rotatable bonds is 7. The molecule has 8 heteroatoms. The lowest BCUT2D eigenvalue weighted by molar-refractivity contribution is 0.0512. The third-order valence-corrected chi connectivity index (χ3v) is 5.20. The Morgan fingerprint density at radius 1 is 1.28 bits per heavy atom. The minimum Gasteiger partial charge on any atom is -0.461 e. The van der Waals surface area contributed by atoms with Gasteiger partial charge in [-0.1, -0.05) is 17.3 Å². The number of aromatic nitrogens is 4. The number of esters is 1. The highest BCUT2D eigenvalue weighted by molar-refractivity contribution is 6.15. The van der Waals surface area contributed by atoms with Crippen molar-refractivity contribution >= 4 is 11.8 Å². The Bertz CT molecular complexity index is 1060. The first-order valence-electron chi connectivity index (χ1n) is 9.77. The summed E-state index contributed by atoms with van der Waals surface area (Å²) in [4.78, 5) is 26.0. The molecule has 150 valence electrons. The Morgan fingerprint density at radius 3 is 2.69 bits per heavy atom. The van der Waals surface area contributed by atoms with Gasteiger partial charge in [-0.05, 0) is 56.4 Å². The number of ketones is 1. The standard InChI is InChI=1S/C21H22N4O4/c1-4-14-12(3)16(25-11-10-22-24-25)9-8-15(14)19(26)17-18(21(27)28-5-2)23-29-20(17)13-6-7-13/h8-11,13H,4-7H2,1-3H3. The second kappa shape index (κ2) is 7.62. The lowest BCUT2D eigenvalue weighted by Gasteiger charge is -2.14. The Balaban J connectivity index is 1.82. The van der Waals surface area contributed by atoms with Gasteiger partial charge in [0.05, 0.1) is 24.7 Å². The van der Waals surface area contributed by atoms with Gasteiger partial charge < -0.3 is 9.26 Å². The maximum Gasteiger partial charge on any atom is 0.361 e. The molecule has 0 saturated heterocycles. The van der Waals surface area contributed by atoms with Crippen molar-refractivity contribution in [3.8, 4) is 5.69 Å². The van der Waals surface area contributed by atoms with E-state index in [4.69, 9.17) is 9.26 Å². The molecule has 0 unspecified atom stereocenters. The van der Waals surface area contributed by atoms with Gasteiger partial charge >= 0.3 is 5.97 Å². The summed E-state index contributed by atoms with van der Waals surface area (Å²) in [5.41, 5.74) is 3.40. The van der Waals surface area contributed by atoms with Crippen molar-refractivity contribution in [2.75, 3.05) is 6.61 Å². The van der Waals surface area contributed by atoms with Crippen molar-refractivity contribution in [1.82, 2.24) is 20.2 Å². The second-order valence-electron chi connectivity index (χ2n) is 7.03. The number of ether oxygens (including phenoxy) is 1. The third kappa shape index (κ3) is 3.35. The van der Waals surface area contributed by atoms with Gasteiger partial charge in [0.2, 0.25) is 5.69 Å². The second-order valence-corrected chi connectivity index (χ2v) is 7.03. The predicted octanol–water partition coefficient (Wildman–Crippen LogP) is 3.41. The molecule has 0 aliphatic heterocycles. The Hall–Kier alpha value is -3.29. The highest BCUT2D eigenvalue weighted by Gasteiger charge is 2.38. The van der Waals surface area contributed by atoms with Crippen LogP contribution >= 0.6 is 0 Å². The Kier molecular flexibility index (Phi) is 5.00. The predicted molar refractivity (Wildman–Crippen MR) is 103 cm³/mol. The van der Waals surface area contributed by atoms with Gasteiger partial charge in [-0.15, -0.1) is 5.10 Å². The molecule has 1 aliphatic carbocycles. The molecule has 2 heterocycles. The lowest BCUT2D eigenvalue weighted by Crippen LogP contribution is -2.15. The summed E-state index contributed by atoms with van der Waals surface area (Å²) >= 11 is 0. The lowest BCUT2D eigenvalue weighted by atomic mass is 9.91. The van der Waals surface area contributed by atoms with Crippen molar-refractivity contribution in [2.24, 2.45) is 0 Å². The fourth-order valence-corrected chi connectivity index (χ4v) is 3.62. The zero-order valence-corrected chi connectivity index (χ0v) is 16.6. The van der Waals surface area contributed by atoms with Crippen LogP contribution < -0.4 is 0 Å². The maximum atomic E-state index is 13.6. The first-order chi connectivity index (χ1) is 14.1. The summed E-state index contributed by atoms with van der Waals surface area (Å²) < 4.78 is 12.2. The maximum absolute atomic E-state index is 13.6. The van der Waals surface area contributed by atoms with E-state index in [0.717, 1.165) is 29.7 Å². The van der Waals surface area contributed by atoms with Crippen LogP contribution in [0.4, 0.5) is 0 Å². The molecule has 0 radical (unpaired) electrons. The largest absolute Gasteiger partial charge is 0.461 e. The van der Waals surface area contributed by atoms with Gasteiger partial charge in [-0.3, -0.25) is 4.79 Å². The molecule has 0 amide bonds. The fraction of sp³-hybridized carbons (Fsp3) is 0.381. The normalized spacial score (nSPS) is 13.5. The SMILES string of the molecule is CCOC(=O)c1noc(C2CC2)c1C(=O)c1ccc(-n2ccnn2)c(C)c1CC. The minimum absolute atomic E-state index is 0.0428. The van der Waals surface area contributed by atoms with Crippen molar-refractivity contribution in [1.29, 1.82) is 0 Å². The van der Waals surface area contributed by atoms with E-state index in [0.29, 0.717) is 17.7 Å². The number of carbonyl (C=O) groups is 2. The van der Waals surface area contributed by atoms with E-state index < -0.39 is 5.97 Å². The van der Waals surface area contributed by atoms with E-state index in [1.807, 2.05) is 19.9 Å². The zero-order chi connectivity index (χ0) is 20.5. The van der Waals surface area contributed by atoms with Crippen molar-refractivity contribution in [2.45, 2.75) is 46.0 Å². The summed E-state index contributed by atoms with van der Waals surface area (Å²) in [6.45, 7) is 5.85. The molecule has 1 saturated carbocycles. The number of hydrogen-bond donors (Lipinski definition) is 0. The van der Waals surface area contributed by atoms with Gasteiger partial charge in [-0.2, -0.15) is 0 Å². The molecule has 8 nitrogen and oxygen atoms in total. The summed E-state index contributed by atoms with van der Waals surface area (Å²) in [6, 6.07) is 3.61. The number of benzene rings is 1. The van der Waals surface area contributed by atoms with Crippen LogP contribution in [0.1, 0.15) is 75.9 Å². The van der Waals surface area contributed by atoms with Crippen LogP contribution in [0, 0.1) is 6.92 Å². The molecule has 1 fully saturated rings. The van der Waals surface area contributed by atoms with Crippen LogP contribution in [0.15, 0.2) is 29.0 Å². The average molecular weight is 394 g/mol. The molecule has 4 rings (SSSR count). The first kappa shape index (κ1) is 19.0. The summed E-state index contributed by atoms with van der Waals surface area (Å²) in [5.74, 6) is -0.287. The van der Waals surface area contributed by atoms with Crippen LogP contribution in [0.2, 0.25) is 0 Å². The van der Waals surface area contributed by atoms with Crippen LogP contribution in [0.25, 0.3) is 5.69 Å². The number of hydrogen-bond acceptors (Lipinski definition) is 7. The van der Waals surface area contributed by atoms with E-state index in [9.17, 15) is 9.59 Å². The van der Waals surface area contributed by atoms with Crippen molar-refractivity contribution in [3.05, 3.63) is 58.2 Å². The monoisotopic (exact) mass is 394 g/mol. The topological polar surface area (TPSA) is 100 Å². The number of nitrogens with zero attached hydrogens (tertiary/aromatic N) is 4. The molecule has 0 atom stereocenters. The zero-order valence-electron chi connectivity index (χ0n) is 16.6.